The molecule has 0 unspecified atom stereocenters. The van der Waals surface area contributed by atoms with E-state index in [-0.39, 0.29) is 11.9 Å². The molecule has 0 bridgehead atoms. The average Bonchev–Trinajstić information content (AvgIpc) is 3.27. The molecule has 2 aliphatic carbocycles. The molecule has 23 heavy (non-hydrogen) atoms. The topological polar surface area (TPSA) is 29.5 Å². The molecule has 3 aliphatic rings. The van der Waals surface area contributed by atoms with E-state index < -0.39 is 0 Å². The number of esters is 1. The van der Waals surface area contributed by atoms with Gasteiger partial charge in [0.15, 0.2) is 0 Å². The Balaban J connectivity index is 1.59. The van der Waals surface area contributed by atoms with E-state index in [1.165, 1.54) is 19.3 Å². The number of ether oxygens (including phenoxy) is 1. The van der Waals surface area contributed by atoms with Crippen LogP contribution < -0.4 is 0 Å². The maximum absolute atomic E-state index is 12.8. The maximum Gasteiger partial charge on any atom is 0.310 e. The first-order valence-electron chi connectivity index (χ1n) is 9.49. The number of carbonyl (C=O) groups excluding carboxylic acids is 1. The fraction of sp³-hybridized carbons (Fsp3) is 0.750. The highest BCUT2D eigenvalue weighted by atomic mass is 16.5. The molecule has 3 nitrogen and oxygen atoms in total. The van der Waals surface area contributed by atoms with Crippen LogP contribution in [0, 0.1) is 17.8 Å². The summed E-state index contributed by atoms with van der Waals surface area (Å²) in [5.41, 5.74) is 0. The van der Waals surface area contributed by atoms with Gasteiger partial charge in [-0.2, -0.15) is 0 Å². The highest BCUT2D eigenvalue weighted by Crippen LogP contribution is 2.36. The van der Waals surface area contributed by atoms with Gasteiger partial charge < -0.3 is 4.74 Å². The van der Waals surface area contributed by atoms with Crippen LogP contribution in [-0.4, -0.2) is 36.6 Å². The van der Waals surface area contributed by atoms with Crippen molar-refractivity contribution in [2.75, 3.05) is 19.7 Å². The Labute approximate surface area is 140 Å². The van der Waals surface area contributed by atoms with Crippen LogP contribution in [-0.2, 0) is 9.53 Å². The predicted molar refractivity (Wildman–Crippen MR) is 93.1 cm³/mol. The second-order valence-corrected chi connectivity index (χ2v) is 7.44. The lowest BCUT2D eigenvalue weighted by molar-refractivity contribution is -0.153. The van der Waals surface area contributed by atoms with Crippen molar-refractivity contribution in [3.05, 3.63) is 24.3 Å². The summed E-state index contributed by atoms with van der Waals surface area (Å²) in [4.78, 5) is 15.3. The number of carbonyl (C=O) groups is 1. The summed E-state index contributed by atoms with van der Waals surface area (Å²) in [7, 11) is 0. The van der Waals surface area contributed by atoms with Crippen LogP contribution in [0.4, 0.5) is 0 Å². The average molecular weight is 317 g/mol. The molecule has 3 heteroatoms. The van der Waals surface area contributed by atoms with Crippen LogP contribution in [0.5, 0.6) is 0 Å². The molecule has 0 amide bonds. The molecule has 128 valence electrons. The summed E-state index contributed by atoms with van der Waals surface area (Å²) < 4.78 is 5.80. The molecule has 1 fully saturated rings. The lowest BCUT2D eigenvalue weighted by Gasteiger charge is -2.30. The monoisotopic (exact) mass is 317 g/mol. The first-order chi connectivity index (χ1) is 11.3. The fourth-order valence-corrected chi connectivity index (χ4v) is 4.35. The number of allylic oxidation sites excluding steroid dienone is 4. The smallest absolute Gasteiger partial charge is 0.310 e. The molecule has 0 aromatic heterocycles. The molecule has 4 atom stereocenters. The van der Waals surface area contributed by atoms with Gasteiger partial charge in [0, 0.05) is 6.04 Å². The molecule has 0 aromatic rings. The number of rotatable bonds is 6. The molecule has 1 heterocycles. The van der Waals surface area contributed by atoms with E-state index >= 15 is 0 Å². The summed E-state index contributed by atoms with van der Waals surface area (Å²) in [6, 6.07) is 0.350. The van der Waals surface area contributed by atoms with Crippen LogP contribution in [0.3, 0.4) is 0 Å². The number of hydrogen-bond donors (Lipinski definition) is 0. The second kappa shape index (κ2) is 8.14. The standard InChI is InChI=1S/C20H31NO2/c1-16(21-13-7-8-14-21)15-23-20(22)19(18-11-5-6-12-18)17-9-3-2-4-10-17/h3,5,9,11,16-19H,2,4,6-8,10,12-15H2,1H3/t16-,17+,18+,19+/m1/s1. The molecule has 0 N–H and O–H groups in total. The van der Waals surface area contributed by atoms with Gasteiger partial charge in [-0.15, -0.1) is 0 Å². The maximum atomic E-state index is 12.8. The summed E-state index contributed by atoms with van der Waals surface area (Å²) in [6.45, 7) is 5.03. The van der Waals surface area contributed by atoms with Gasteiger partial charge in [-0.3, -0.25) is 9.69 Å². The lowest BCUT2D eigenvalue weighted by Crippen LogP contribution is -2.37. The van der Waals surface area contributed by atoms with Gasteiger partial charge in [-0.05, 0) is 76.8 Å². The van der Waals surface area contributed by atoms with Crippen molar-refractivity contribution >= 4 is 5.97 Å². The Morgan fingerprint density at radius 3 is 2.43 bits per heavy atom. The highest BCUT2D eigenvalue weighted by Gasteiger charge is 2.36. The molecule has 1 saturated heterocycles. The van der Waals surface area contributed by atoms with Crippen molar-refractivity contribution in [3.63, 3.8) is 0 Å². The summed E-state index contributed by atoms with van der Waals surface area (Å²) in [6.07, 6.45) is 17.2. The molecule has 1 aliphatic heterocycles. The summed E-state index contributed by atoms with van der Waals surface area (Å²) in [5, 5.41) is 0. The van der Waals surface area contributed by atoms with E-state index in [2.05, 4.69) is 36.1 Å². The van der Waals surface area contributed by atoms with Gasteiger partial charge in [-0.25, -0.2) is 0 Å². The van der Waals surface area contributed by atoms with Gasteiger partial charge in [0.25, 0.3) is 0 Å². The highest BCUT2D eigenvalue weighted by molar-refractivity contribution is 5.74. The van der Waals surface area contributed by atoms with E-state index in [9.17, 15) is 4.79 Å². The normalized spacial score (nSPS) is 30.5. The first kappa shape index (κ1) is 16.8. The zero-order valence-corrected chi connectivity index (χ0v) is 14.5. The van der Waals surface area contributed by atoms with Crippen molar-refractivity contribution in [1.29, 1.82) is 0 Å². The van der Waals surface area contributed by atoms with E-state index in [0.717, 1.165) is 38.8 Å². The minimum atomic E-state index is 0.0241. The SMILES string of the molecule is C[C@H](COC(=O)[C@H]([C@H]1C=CCC1)[C@H]1C=CCCC1)N1CCCC1. The zero-order chi connectivity index (χ0) is 16.1. The van der Waals surface area contributed by atoms with Crippen LogP contribution in [0.25, 0.3) is 0 Å². The van der Waals surface area contributed by atoms with Crippen LogP contribution in [0.2, 0.25) is 0 Å². The van der Waals surface area contributed by atoms with E-state index in [1.54, 1.807) is 0 Å². The van der Waals surface area contributed by atoms with Gasteiger partial charge in [0.05, 0.1) is 5.92 Å². The molecule has 0 radical (unpaired) electrons. The fourth-order valence-electron chi connectivity index (χ4n) is 4.35. The third-order valence-corrected chi connectivity index (χ3v) is 5.77. The summed E-state index contributed by atoms with van der Waals surface area (Å²) in [5.74, 6) is 0.795. The Morgan fingerprint density at radius 1 is 1.09 bits per heavy atom. The van der Waals surface area contributed by atoms with Crippen LogP contribution in [0.1, 0.15) is 51.9 Å². The van der Waals surface area contributed by atoms with Gasteiger partial charge >= 0.3 is 5.97 Å². The minimum absolute atomic E-state index is 0.0241. The number of hydrogen-bond acceptors (Lipinski definition) is 3. The van der Waals surface area contributed by atoms with Crippen molar-refractivity contribution < 1.29 is 9.53 Å². The third-order valence-electron chi connectivity index (χ3n) is 5.77. The Kier molecular flexibility index (Phi) is 5.93. The molecular weight excluding hydrogens is 286 g/mol. The first-order valence-corrected chi connectivity index (χ1v) is 9.49. The second-order valence-electron chi connectivity index (χ2n) is 7.44. The Hall–Kier alpha value is -1.09. The van der Waals surface area contributed by atoms with Crippen molar-refractivity contribution in [2.45, 2.75) is 57.9 Å². The minimum Gasteiger partial charge on any atom is -0.464 e. The quantitative estimate of drug-likeness (QED) is 0.549. The van der Waals surface area contributed by atoms with Gasteiger partial charge in [-0.1, -0.05) is 24.3 Å². The third kappa shape index (κ3) is 4.26. The van der Waals surface area contributed by atoms with E-state index in [4.69, 9.17) is 4.74 Å². The van der Waals surface area contributed by atoms with Gasteiger partial charge in [0.2, 0.25) is 0 Å². The Bertz CT molecular complexity index is 451. The Morgan fingerprint density at radius 2 is 1.78 bits per heavy atom. The molecule has 0 spiro atoms. The largest absolute Gasteiger partial charge is 0.464 e. The van der Waals surface area contributed by atoms with Crippen LogP contribution in [0.15, 0.2) is 24.3 Å². The molecular formula is C20H31NO2. The van der Waals surface area contributed by atoms with Crippen LogP contribution >= 0.6 is 0 Å². The molecule has 0 aromatic carbocycles. The zero-order valence-electron chi connectivity index (χ0n) is 14.5. The van der Waals surface area contributed by atoms with E-state index in [0.29, 0.717) is 24.5 Å². The van der Waals surface area contributed by atoms with E-state index in [1.807, 2.05) is 0 Å². The van der Waals surface area contributed by atoms with Gasteiger partial charge in [0.1, 0.15) is 6.61 Å². The lowest BCUT2D eigenvalue weighted by atomic mass is 9.77. The van der Waals surface area contributed by atoms with Crippen molar-refractivity contribution in [2.24, 2.45) is 17.8 Å². The number of nitrogens with zero attached hydrogens (tertiary/aromatic N) is 1. The summed E-state index contributed by atoms with van der Waals surface area (Å²) >= 11 is 0. The number of likely N-dealkylation sites (tertiary alicyclic amines) is 1. The van der Waals surface area contributed by atoms with Crippen molar-refractivity contribution in [1.82, 2.24) is 4.90 Å². The predicted octanol–water partition coefficient (Wildman–Crippen LogP) is 3.95. The molecule has 3 rings (SSSR count). The van der Waals surface area contributed by atoms with Crippen molar-refractivity contribution in [3.8, 4) is 0 Å². The molecule has 0 saturated carbocycles.